The van der Waals surface area contributed by atoms with Gasteiger partial charge in [-0.2, -0.15) is 0 Å². The number of hydrogen-bond donors (Lipinski definition) is 2. The first-order chi connectivity index (χ1) is 15.4. The largest absolute Gasteiger partial charge is 0.354 e. The third-order valence-corrected chi connectivity index (χ3v) is 5.56. The summed E-state index contributed by atoms with van der Waals surface area (Å²) >= 11 is 0. The van der Waals surface area contributed by atoms with E-state index in [-0.39, 0.29) is 23.8 Å². The summed E-state index contributed by atoms with van der Waals surface area (Å²) in [4.78, 5) is 34.6. The maximum atomic E-state index is 13.1. The molecule has 0 radical (unpaired) electrons. The van der Waals surface area contributed by atoms with E-state index in [1.807, 2.05) is 75.5 Å². The second-order valence-electron chi connectivity index (χ2n) is 8.89. The van der Waals surface area contributed by atoms with Crippen molar-refractivity contribution >= 4 is 17.6 Å². The summed E-state index contributed by atoms with van der Waals surface area (Å²) in [7, 11) is 0. The SMILES string of the molecule is CC(C)CC(=O)NC(C(=O)NC(C)CN1CCN(c2ccccn2)CC1)c1ccccc1. The Morgan fingerprint density at radius 3 is 2.25 bits per heavy atom. The van der Waals surface area contributed by atoms with E-state index in [0.717, 1.165) is 44.1 Å². The van der Waals surface area contributed by atoms with Crippen molar-refractivity contribution in [1.29, 1.82) is 0 Å². The topological polar surface area (TPSA) is 77.6 Å². The summed E-state index contributed by atoms with van der Waals surface area (Å²) in [6.07, 6.45) is 2.22. The first kappa shape index (κ1) is 23.7. The van der Waals surface area contributed by atoms with Crippen molar-refractivity contribution < 1.29 is 9.59 Å². The fourth-order valence-corrected chi connectivity index (χ4v) is 4.00. The highest BCUT2D eigenvalue weighted by molar-refractivity contribution is 5.88. The molecule has 2 amide bonds. The van der Waals surface area contributed by atoms with Gasteiger partial charge in [-0.1, -0.05) is 50.2 Å². The van der Waals surface area contributed by atoms with Gasteiger partial charge < -0.3 is 15.5 Å². The average molecular weight is 438 g/mol. The van der Waals surface area contributed by atoms with Gasteiger partial charge in [0, 0.05) is 51.4 Å². The molecule has 3 rings (SSSR count). The van der Waals surface area contributed by atoms with Crippen molar-refractivity contribution in [2.75, 3.05) is 37.6 Å². The van der Waals surface area contributed by atoms with Crippen LogP contribution in [0.3, 0.4) is 0 Å². The highest BCUT2D eigenvalue weighted by Gasteiger charge is 2.25. The molecule has 32 heavy (non-hydrogen) atoms. The van der Waals surface area contributed by atoms with Crippen molar-refractivity contribution in [1.82, 2.24) is 20.5 Å². The normalized spacial score (nSPS) is 16.4. The number of anilines is 1. The number of amides is 2. The zero-order chi connectivity index (χ0) is 22.9. The molecule has 7 nitrogen and oxygen atoms in total. The van der Waals surface area contributed by atoms with Crippen LogP contribution in [-0.2, 0) is 9.59 Å². The Kier molecular flexibility index (Phi) is 8.62. The maximum absolute atomic E-state index is 13.1. The van der Waals surface area contributed by atoms with Gasteiger partial charge in [0.05, 0.1) is 0 Å². The Balaban J connectivity index is 1.53. The van der Waals surface area contributed by atoms with Gasteiger partial charge in [-0.25, -0.2) is 4.98 Å². The van der Waals surface area contributed by atoms with E-state index in [2.05, 4.69) is 25.4 Å². The summed E-state index contributed by atoms with van der Waals surface area (Å²) in [5.41, 5.74) is 0.790. The molecular weight excluding hydrogens is 402 g/mol. The minimum Gasteiger partial charge on any atom is -0.354 e. The first-order valence-corrected chi connectivity index (χ1v) is 11.5. The average Bonchev–Trinajstić information content (AvgIpc) is 2.78. The van der Waals surface area contributed by atoms with E-state index in [9.17, 15) is 9.59 Å². The zero-order valence-electron chi connectivity index (χ0n) is 19.3. The number of rotatable bonds is 9. The van der Waals surface area contributed by atoms with Crippen LogP contribution < -0.4 is 15.5 Å². The van der Waals surface area contributed by atoms with Gasteiger partial charge in [0.15, 0.2) is 0 Å². The van der Waals surface area contributed by atoms with Crippen molar-refractivity contribution in [2.45, 2.75) is 39.3 Å². The maximum Gasteiger partial charge on any atom is 0.247 e. The number of hydrogen-bond acceptors (Lipinski definition) is 5. The summed E-state index contributed by atoms with van der Waals surface area (Å²) in [6.45, 7) is 10.4. The Labute approximate surface area is 191 Å². The van der Waals surface area contributed by atoms with Crippen LogP contribution in [0.2, 0.25) is 0 Å². The number of carbonyl (C=O) groups excluding carboxylic acids is 2. The molecule has 1 aromatic heterocycles. The molecule has 0 bridgehead atoms. The fourth-order valence-electron chi connectivity index (χ4n) is 4.00. The molecule has 1 aromatic carbocycles. The van der Waals surface area contributed by atoms with Gasteiger partial charge in [0.2, 0.25) is 11.8 Å². The Morgan fingerprint density at radius 1 is 0.938 bits per heavy atom. The van der Waals surface area contributed by atoms with Crippen LogP contribution in [-0.4, -0.2) is 60.5 Å². The van der Waals surface area contributed by atoms with Crippen LogP contribution in [0.15, 0.2) is 54.7 Å². The monoisotopic (exact) mass is 437 g/mol. The fraction of sp³-hybridized carbons (Fsp3) is 0.480. The quantitative estimate of drug-likeness (QED) is 0.631. The van der Waals surface area contributed by atoms with E-state index < -0.39 is 6.04 Å². The smallest absolute Gasteiger partial charge is 0.247 e. The van der Waals surface area contributed by atoms with E-state index in [1.54, 1.807) is 0 Å². The molecule has 7 heteroatoms. The van der Waals surface area contributed by atoms with Crippen LogP contribution in [0.1, 0.15) is 38.8 Å². The lowest BCUT2D eigenvalue weighted by atomic mass is 10.0. The van der Waals surface area contributed by atoms with E-state index in [4.69, 9.17) is 0 Å². The van der Waals surface area contributed by atoms with Crippen LogP contribution in [0.25, 0.3) is 0 Å². The molecular formula is C25H35N5O2. The van der Waals surface area contributed by atoms with Gasteiger partial charge in [-0.15, -0.1) is 0 Å². The van der Waals surface area contributed by atoms with Gasteiger partial charge in [0.1, 0.15) is 11.9 Å². The van der Waals surface area contributed by atoms with Gasteiger partial charge in [-0.3, -0.25) is 14.5 Å². The number of nitrogens with one attached hydrogen (secondary N) is 2. The standard InChI is InChI=1S/C25H35N5O2/c1-19(2)17-23(31)28-24(21-9-5-4-6-10-21)25(32)27-20(3)18-29-13-15-30(16-14-29)22-11-7-8-12-26-22/h4-12,19-20,24H,13-18H2,1-3H3,(H,27,32)(H,28,31). The van der Waals surface area contributed by atoms with Crippen LogP contribution in [0.5, 0.6) is 0 Å². The number of pyridine rings is 1. The van der Waals surface area contributed by atoms with Crippen LogP contribution >= 0.6 is 0 Å². The van der Waals surface area contributed by atoms with Crippen molar-refractivity contribution in [3.63, 3.8) is 0 Å². The minimum atomic E-state index is -0.689. The summed E-state index contributed by atoms with van der Waals surface area (Å²) in [5.74, 6) is 0.963. The number of benzene rings is 1. The molecule has 0 spiro atoms. The predicted octanol–water partition coefficient (Wildman–Crippen LogP) is 2.61. The number of piperazine rings is 1. The minimum absolute atomic E-state index is 0.0305. The number of carbonyl (C=O) groups is 2. The molecule has 1 aliphatic heterocycles. The molecule has 2 unspecified atom stereocenters. The molecule has 0 aliphatic carbocycles. The number of aromatic nitrogens is 1. The van der Waals surface area contributed by atoms with Crippen molar-refractivity contribution in [3.8, 4) is 0 Å². The molecule has 1 aliphatic rings. The van der Waals surface area contributed by atoms with Gasteiger partial charge in [0.25, 0.3) is 0 Å². The second kappa shape index (κ2) is 11.6. The Bertz CT molecular complexity index is 851. The molecule has 172 valence electrons. The Morgan fingerprint density at radius 2 is 1.62 bits per heavy atom. The molecule has 1 saturated heterocycles. The van der Waals surface area contributed by atoms with Crippen molar-refractivity contribution in [2.24, 2.45) is 5.92 Å². The third kappa shape index (κ3) is 7.05. The van der Waals surface area contributed by atoms with Crippen LogP contribution in [0.4, 0.5) is 5.82 Å². The second-order valence-corrected chi connectivity index (χ2v) is 8.89. The molecule has 2 N–H and O–H groups in total. The van der Waals surface area contributed by atoms with Gasteiger partial charge in [-0.05, 0) is 30.5 Å². The summed E-state index contributed by atoms with van der Waals surface area (Å²) in [6, 6.07) is 14.7. The lowest BCUT2D eigenvalue weighted by molar-refractivity contribution is -0.130. The third-order valence-electron chi connectivity index (χ3n) is 5.56. The van der Waals surface area contributed by atoms with Gasteiger partial charge >= 0.3 is 0 Å². The first-order valence-electron chi connectivity index (χ1n) is 11.5. The zero-order valence-corrected chi connectivity index (χ0v) is 19.3. The predicted molar refractivity (Wildman–Crippen MR) is 127 cm³/mol. The molecule has 2 aromatic rings. The van der Waals surface area contributed by atoms with E-state index >= 15 is 0 Å². The lowest BCUT2D eigenvalue weighted by Gasteiger charge is -2.36. The molecule has 2 atom stereocenters. The number of nitrogens with zero attached hydrogens (tertiary/aromatic N) is 3. The molecule has 1 fully saturated rings. The highest BCUT2D eigenvalue weighted by Crippen LogP contribution is 2.15. The van der Waals surface area contributed by atoms with E-state index in [0.29, 0.717) is 6.42 Å². The Hall–Kier alpha value is -2.93. The lowest BCUT2D eigenvalue weighted by Crippen LogP contribution is -2.52. The summed E-state index contributed by atoms with van der Waals surface area (Å²) in [5, 5.41) is 6.03. The van der Waals surface area contributed by atoms with Crippen molar-refractivity contribution in [3.05, 3.63) is 60.3 Å². The highest BCUT2D eigenvalue weighted by atomic mass is 16.2. The molecule has 2 heterocycles. The summed E-state index contributed by atoms with van der Waals surface area (Å²) < 4.78 is 0. The van der Waals surface area contributed by atoms with E-state index in [1.165, 1.54) is 0 Å². The molecule has 0 saturated carbocycles. The van der Waals surface area contributed by atoms with Crippen LogP contribution in [0, 0.1) is 5.92 Å².